The molecule has 20 heavy (non-hydrogen) atoms. The van der Waals surface area contributed by atoms with E-state index >= 15 is 0 Å². The molecule has 6 heteroatoms. The van der Waals surface area contributed by atoms with Crippen molar-refractivity contribution in [2.24, 2.45) is 7.05 Å². The molecule has 0 fully saturated rings. The maximum absolute atomic E-state index is 11.8. The van der Waals surface area contributed by atoms with Crippen molar-refractivity contribution in [3.8, 4) is 0 Å². The van der Waals surface area contributed by atoms with Crippen molar-refractivity contribution in [1.29, 1.82) is 0 Å². The molecule has 1 amide bonds. The standard InChI is InChI=1S/C14H18N4OS/c1-10(2)11-4-6-12(7-5-11)16-13(19)8-20-14-17-15-9-18(14)3/h4-7,9-10H,8H2,1-3H3,(H,16,19). The summed E-state index contributed by atoms with van der Waals surface area (Å²) in [7, 11) is 1.85. The zero-order valence-corrected chi connectivity index (χ0v) is 12.6. The Hall–Kier alpha value is -1.82. The van der Waals surface area contributed by atoms with Crippen molar-refractivity contribution in [1.82, 2.24) is 14.8 Å². The number of carbonyl (C=O) groups excluding carboxylic acids is 1. The third-order valence-electron chi connectivity index (χ3n) is 2.86. The van der Waals surface area contributed by atoms with Crippen LogP contribution in [-0.2, 0) is 11.8 Å². The van der Waals surface area contributed by atoms with Crippen LogP contribution in [0.5, 0.6) is 0 Å². The summed E-state index contributed by atoms with van der Waals surface area (Å²) >= 11 is 1.37. The highest BCUT2D eigenvalue weighted by molar-refractivity contribution is 7.99. The SMILES string of the molecule is CC(C)c1ccc(NC(=O)CSc2nncn2C)cc1. The molecule has 0 spiro atoms. The van der Waals surface area contributed by atoms with Crippen LogP contribution in [0.2, 0.25) is 0 Å². The van der Waals surface area contributed by atoms with Gasteiger partial charge in [-0.3, -0.25) is 4.79 Å². The number of anilines is 1. The molecule has 0 aliphatic rings. The average molecular weight is 290 g/mol. The number of rotatable bonds is 5. The molecule has 0 atom stereocenters. The van der Waals surface area contributed by atoms with E-state index in [1.807, 2.05) is 31.3 Å². The predicted molar refractivity (Wildman–Crippen MR) is 80.9 cm³/mol. The Morgan fingerprint density at radius 1 is 1.35 bits per heavy atom. The number of thioether (sulfide) groups is 1. The molecule has 0 saturated heterocycles. The quantitative estimate of drug-likeness (QED) is 0.860. The van der Waals surface area contributed by atoms with Gasteiger partial charge in [0.15, 0.2) is 5.16 Å². The second-order valence-corrected chi connectivity index (χ2v) is 5.78. The van der Waals surface area contributed by atoms with Gasteiger partial charge in [-0.05, 0) is 23.6 Å². The molecule has 2 aromatic rings. The van der Waals surface area contributed by atoms with Crippen molar-refractivity contribution >= 4 is 23.4 Å². The fourth-order valence-electron chi connectivity index (χ4n) is 1.68. The van der Waals surface area contributed by atoms with Gasteiger partial charge >= 0.3 is 0 Å². The average Bonchev–Trinajstić information content (AvgIpc) is 2.82. The lowest BCUT2D eigenvalue weighted by Gasteiger charge is -2.08. The normalized spacial score (nSPS) is 10.8. The molecule has 0 bridgehead atoms. The van der Waals surface area contributed by atoms with Gasteiger partial charge in [-0.1, -0.05) is 37.7 Å². The molecule has 0 saturated carbocycles. The van der Waals surface area contributed by atoms with E-state index in [1.54, 1.807) is 10.9 Å². The number of hydrogen-bond donors (Lipinski definition) is 1. The Morgan fingerprint density at radius 2 is 2.05 bits per heavy atom. The van der Waals surface area contributed by atoms with Gasteiger partial charge in [0.2, 0.25) is 5.91 Å². The number of nitrogens with one attached hydrogen (secondary N) is 1. The van der Waals surface area contributed by atoms with E-state index in [2.05, 4.69) is 29.4 Å². The van der Waals surface area contributed by atoms with Crippen molar-refractivity contribution in [3.63, 3.8) is 0 Å². The van der Waals surface area contributed by atoms with Crippen molar-refractivity contribution in [2.75, 3.05) is 11.1 Å². The lowest BCUT2D eigenvalue weighted by atomic mass is 10.0. The Bertz CT molecular complexity index is 577. The van der Waals surface area contributed by atoms with Crippen LogP contribution in [0.4, 0.5) is 5.69 Å². The van der Waals surface area contributed by atoms with Crippen LogP contribution in [0, 0.1) is 0 Å². The Morgan fingerprint density at radius 3 is 2.60 bits per heavy atom. The minimum atomic E-state index is -0.0460. The summed E-state index contributed by atoms with van der Waals surface area (Å²) in [4.78, 5) is 11.8. The minimum absolute atomic E-state index is 0.0460. The van der Waals surface area contributed by atoms with E-state index in [4.69, 9.17) is 0 Å². The summed E-state index contributed by atoms with van der Waals surface area (Å²) in [5.41, 5.74) is 2.08. The molecular formula is C14H18N4OS. The fourth-order valence-corrected chi connectivity index (χ4v) is 2.37. The van der Waals surface area contributed by atoms with Crippen LogP contribution in [0.25, 0.3) is 0 Å². The molecule has 1 aromatic heterocycles. The molecule has 0 radical (unpaired) electrons. The molecule has 2 rings (SSSR count). The summed E-state index contributed by atoms with van der Waals surface area (Å²) in [6, 6.07) is 7.94. The number of aromatic nitrogens is 3. The predicted octanol–water partition coefficient (Wildman–Crippen LogP) is 2.67. The smallest absolute Gasteiger partial charge is 0.234 e. The highest BCUT2D eigenvalue weighted by Gasteiger charge is 2.07. The van der Waals surface area contributed by atoms with Crippen molar-refractivity contribution in [2.45, 2.75) is 24.9 Å². The van der Waals surface area contributed by atoms with Gasteiger partial charge in [-0.25, -0.2) is 0 Å². The van der Waals surface area contributed by atoms with Crippen LogP contribution < -0.4 is 5.32 Å². The van der Waals surface area contributed by atoms with E-state index in [-0.39, 0.29) is 5.91 Å². The largest absolute Gasteiger partial charge is 0.325 e. The fraction of sp³-hybridized carbons (Fsp3) is 0.357. The number of nitrogens with zero attached hydrogens (tertiary/aromatic N) is 3. The summed E-state index contributed by atoms with van der Waals surface area (Å²) < 4.78 is 1.79. The first-order valence-corrected chi connectivity index (χ1v) is 7.41. The first kappa shape index (κ1) is 14.6. The molecule has 106 valence electrons. The molecule has 0 unspecified atom stereocenters. The molecule has 1 N–H and O–H groups in total. The van der Waals surface area contributed by atoms with Gasteiger partial charge in [-0.15, -0.1) is 10.2 Å². The Labute approximate surface area is 122 Å². The molecule has 0 aliphatic carbocycles. The summed E-state index contributed by atoms with van der Waals surface area (Å²) in [6.45, 7) is 4.29. The van der Waals surface area contributed by atoms with Gasteiger partial charge in [0.25, 0.3) is 0 Å². The Kier molecular flexibility index (Phi) is 4.79. The van der Waals surface area contributed by atoms with Crippen LogP contribution >= 0.6 is 11.8 Å². The molecule has 0 aliphatic heterocycles. The number of amides is 1. The van der Waals surface area contributed by atoms with E-state index in [0.717, 1.165) is 10.8 Å². The van der Waals surface area contributed by atoms with Crippen LogP contribution in [0.15, 0.2) is 35.7 Å². The van der Waals surface area contributed by atoms with Gasteiger partial charge in [-0.2, -0.15) is 0 Å². The second kappa shape index (κ2) is 6.56. The number of benzene rings is 1. The zero-order chi connectivity index (χ0) is 14.5. The van der Waals surface area contributed by atoms with E-state index in [1.165, 1.54) is 17.3 Å². The number of carbonyl (C=O) groups is 1. The first-order chi connectivity index (χ1) is 9.56. The van der Waals surface area contributed by atoms with Gasteiger partial charge < -0.3 is 9.88 Å². The monoisotopic (exact) mass is 290 g/mol. The van der Waals surface area contributed by atoms with Crippen molar-refractivity contribution < 1.29 is 4.79 Å². The third kappa shape index (κ3) is 3.84. The molecule has 1 aromatic carbocycles. The van der Waals surface area contributed by atoms with Gasteiger partial charge in [0.1, 0.15) is 6.33 Å². The Balaban J connectivity index is 1.86. The van der Waals surface area contributed by atoms with E-state index in [9.17, 15) is 4.79 Å². The van der Waals surface area contributed by atoms with Crippen molar-refractivity contribution in [3.05, 3.63) is 36.2 Å². The lowest BCUT2D eigenvalue weighted by molar-refractivity contribution is -0.113. The van der Waals surface area contributed by atoms with E-state index < -0.39 is 0 Å². The van der Waals surface area contributed by atoms with Gasteiger partial charge in [0, 0.05) is 12.7 Å². The number of hydrogen-bond acceptors (Lipinski definition) is 4. The topological polar surface area (TPSA) is 59.8 Å². The lowest BCUT2D eigenvalue weighted by Crippen LogP contribution is -2.14. The van der Waals surface area contributed by atoms with Gasteiger partial charge in [0.05, 0.1) is 5.75 Å². The molecule has 5 nitrogen and oxygen atoms in total. The minimum Gasteiger partial charge on any atom is -0.325 e. The number of aryl methyl sites for hydroxylation is 1. The summed E-state index contributed by atoms with van der Waals surface area (Å²) in [5.74, 6) is 0.764. The van der Waals surface area contributed by atoms with Crippen LogP contribution in [0.3, 0.4) is 0 Å². The highest BCUT2D eigenvalue weighted by Crippen LogP contribution is 2.18. The molecule has 1 heterocycles. The zero-order valence-electron chi connectivity index (χ0n) is 11.8. The highest BCUT2D eigenvalue weighted by atomic mass is 32.2. The maximum Gasteiger partial charge on any atom is 0.234 e. The van der Waals surface area contributed by atoms with Crippen LogP contribution in [0.1, 0.15) is 25.3 Å². The maximum atomic E-state index is 11.8. The first-order valence-electron chi connectivity index (χ1n) is 6.43. The molecular weight excluding hydrogens is 272 g/mol. The third-order valence-corrected chi connectivity index (χ3v) is 3.90. The summed E-state index contributed by atoms with van der Waals surface area (Å²) in [6.07, 6.45) is 1.62. The van der Waals surface area contributed by atoms with Crippen LogP contribution in [-0.4, -0.2) is 26.4 Å². The van der Waals surface area contributed by atoms with E-state index in [0.29, 0.717) is 11.7 Å². The summed E-state index contributed by atoms with van der Waals surface area (Å²) in [5, 5.41) is 11.3. The second-order valence-electron chi connectivity index (χ2n) is 4.84.